The number of amides is 1. The Balaban J connectivity index is 1.99. The van der Waals surface area contributed by atoms with Gasteiger partial charge in [0.25, 0.3) is 0 Å². The van der Waals surface area contributed by atoms with Gasteiger partial charge in [-0.1, -0.05) is 12.1 Å². The fourth-order valence-electron chi connectivity index (χ4n) is 1.96. The molecule has 1 amide bonds. The molecule has 0 aromatic heterocycles. The summed E-state index contributed by atoms with van der Waals surface area (Å²) >= 11 is 0. The van der Waals surface area contributed by atoms with Gasteiger partial charge in [-0.05, 0) is 29.8 Å². The zero-order chi connectivity index (χ0) is 16.1. The predicted octanol–water partition coefficient (Wildman–Crippen LogP) is 3.04. The first kappa shape index (κ1) is 15.9. The highest BCUT2D eigenvalue weighted by atomic mass is 19.1. The minimum absolute atomic E-state index is 0.0674. The van der Waals surface area contributed by atoms with Gasteiger partial charge in [-0.25, -0.2) is 8.78 Å². The van der Waals surface area contributed by atoms with Crippen molar-refractivity contribution in [1.29, 1.82) is 0 Å². The van der Waals surface area contributed by atoms with Crippen molar-refractivity contribution < 1.29 is 23.4 Å². The molecule has 2 N–H and O–H groups in total. The molecule has 0 saturated carbocycles. The first-order valence-corrected chi connectivity index (χ1v) is 6.56. The molecule has 0 spiro atoms. The summed E-state index contributed by atoms with van der Waals surface area (Å²) in [6.07, 6.45) is -1.41. The van der Waals surface area contributed by atoms with Gasteiger partial charge >= 0.3 is 0 Å². The molecule has 0 fully saturated rings. The van der Waals surface area contributed by atoms with Crippen molar-refractivity contribution in [1.82, 2.24) is 0 Å². The van der Waals surface area contributed by atoms with Crippen LogP contribution < -0.4 is 10.1 Å². The molecular weight excluding hydrogens is 292 g/mol. The second kappa shape index (κ2) is 7.00. The van der Waals surface area contributed by atoms with E-state index in [1.54, 1.807) is 0 Å². The molecule has 0 radical (unpaired) electrons. The summed E-state index contributed by atoms with van der Waals surface area (Å²) in [4.78, 5) is 11.8. The van der Waals surface area contributed by atoms with Gasteiger partial charge in [-0.15, -0.1) is 0 Å². The maximum Gasteiger partial charge on any atom is 0.227 e. The normalized spacial score (nSPS) is 11.8. The third-order valence-electron chi connectivity index (χ3n) is 3.05. The number of nitrogens with one attached hydrogen (secondary N) is 1. The maximum absolute atomic E-state index is 13.5. The lowest BCUT2D eigenvalue weighted by Gasteiger charge is -2.12. The molecule has 0 aliphatic carbocycles. The van der Waals surface area contributed by atoms with Gasteiger partial charge < -0.3 is 15.2 Å². The number of anilines is 1. The van der Waals surface area contributed by atoms with Crippen LogP contribution in [0.25, 0.3) is 0 Å². The molecule has 0 aliphatic rings. The molecule has 2 aromatic carbocycles. The van der Waals surface area contributed by atoms with Crippen molar-refractivity contribution >= 4 is 11.6 Å². The van der Waals surface area contributed by atoms with Crippen LogP contribution in [0.5, 0.6) is 5.75 Å². The Morgan fingerprint density at radius 3 is 2.68 bits per heavy atom. The first-order valence-electron chi connectivity index (χ1n) is 6.56. The molecular formula is C16H15F2NO3. The lowest BCUT2D eigenvalue weighted by Crippen LogP contribution is -2.15. The van der Waals surface area contributed by atoms with Crippen LogP contribution in [0, 0.1) is 11.6 Å². The van der Waals surface area contributed by atoms with Gasteiger partial charge in [0, 0.05) is 11.8 Å². The highest BCUT2D eigenvalue weighted by molar-refractivity contribution is 5.91. The van der Waals surface area contributed by atoms with Crippen molar-refractivity contribution in [3.63, 3.8) is 0 Å². The lowest BCUT2D eigenvalue weighted by atomic mass is 10.1. The van der Waals surface area contributed by atoms with E-state index in [0.717, 1.165) is 12.1 Å². The molecule has 2 rings (SSSR count). The van der Waals surface area contributed by atoms with E-state index in [9.17, 15) is 18.7 Å². The molecule has 22 heavy (non-hydrogen) atoms. The van der Waals surface area contributed by atoms with Crippen LogP contribution in [-0.2, 0) is 4.79 Å². The molecule has 4 nitrogen and oxygen atoms in total. The predicted molar refractivity (Wildman–Crippen MR) is 77.6 cm³/mol. The highest BCUT2D eigenvalue weighted by Crippen LogP contribution is 2.22. The Hall–Kier alpha value is -2.47. The Morgan fingerprint density at radius 1 is 1.27 bits per heavy atom. The smallest absolute Gasteiger partial charge is 0.227 e. The van der Waals surface area contributed by atoms with Gasteiger partial charge in [-0.3, -0.25) is 4.79 Å². The van der Waals surface area contributed by atoms with Crippen molar-refractivity contribution in [2.24, 2.45) is 0 Å². The minimum Gasteiger partial charge on any atom is -0.494 e. The van der Waals surface area contributed by atoms with E-state index >= 15 is 0 Å². The van der Waals surface area contributed by atoms with Crippen molar-refractivity contribution in [2.45, 2.75) is 12.5 Å². The van der Waals surface area contributed by atoms with Gasteiger partial charge in [0.05, 0.1) is 19.6 Å². The summed E-state index contributed by atoms with van der Waals surface area (Å²) in [6.45, 7) is 0. The van der Waals surface area contributed by atoms with E-state index < -0.39 is 23.6 Å². The number of hydrogen-bond donors (Lipinski definition) is 2. The Morgan fingerprint density at radius 2 is 2.05 bits per heavy atom. The van der Waals surface area contributed by atoms with Crippen molar-refractivity contribution in [2.75, 3.05) is 12.4 Å². The second-order valence-electron chi connectivity index (χ2n) is 4.67. The average Bonchev–Trinajstić information content (AvgIpc) is 2.47. The third-order valence-corrected chi connectivity index (χ3v) is 3.05. The maximum atomic E-state index is 13.5. The van der Waals surface area contributed by atoms with Crippen LogP contribution in [0.15, 0.2) is 42.5 Å². The Bertz CT molecular complexity index is 676. The monoisotopic (exact) mass is 307 g/mol. The van der Waals surface area contributed by atoms with Crippen molar-refractivity contribution in [3.05, 3.63) is 59.7 Å². The molecule has 6 heteroatoms. The van der Waals surface area contributed by atoms with Crippen LogP contribution in [0.2, 0.25) is 0 Å². The van der Waals surface area contributed by atoms with Crippen LogP contribution in [0.3, 0.4) is 0 Å². The number of benzene rings is 2. The van der Waals surface area contributed by atoms with Gasteiger partial charge in [0.15, 0.2) is 11.6 Å². The number of halogens is 2. The lowest BCUT2D eigenvalue weighted by molar-refractivity contribution is -0.118. The Kier molecular flexibility index (Phi) is 5.06. The number of methoxy groups -OCH3 is 1. The number of carbonyl (C=O) groups excluding carboxylic acids is 1. The van der Waals surface area contributed by atoms with Crippen LogP contribution in [0.4, 0.5) is 14.5 Å². The molecule has 0 heterocycles. The molecule has 1 atom stereocenters. The number of aliphatic hydroxyl groups is 1. The summed E-state index contributed by atoms with van der Waals surface area (Å²) in [6, 6.07) is 9.35. The molecule has 1 unspecified atom stereocenters. The zero-order valence-electron chi connectivity index (χ0n) is 11.8. The Labute approximate surface area is 126 Å². The van der Waals surface area contributed by atoms with Crippen molar-refractivity contribution in [3.8, 4) is 5.75 Å². The fourth-order valence-corrected chi connectivity index (χ4v) is 1.96. The number of aliphatic hydroxyl groups excluding tert-OH is 1. The summed E-state index contributed by atoms with van der Waals surface area (Å²) in [7, 11) is 1.34. The molecule has 0 saturated heterocycles. The van der Waals surface area contributed by atoms with E-state index in [4.69, 9.17) is 4.74 Å². The molecule has 2 aromatic rings. The number of carbonyl (C=O) groups is 1. The van der Waals surface area contributed by atoms with Gasteiger partial charge in [-0.2, -0.15) is 0 Å². The number of rotatable bonds is 5. The molecule has 0 aliphatic heterocycles. The van der Waals surface area contributed by atoms with Gasteiger partial charge in [0.1, 0.15) is 5.82 Å². The van der Waals surface area contributed by atoms with E-state index in [2.05, 4.69) is 5.32 Å². The second-order valence-corrected chi connectivity index (χ2v) is 4.67. The topological polar surface area (TPSA) is 58.6 Å². The quantitative estimate of drug-likeness (QED) is 0.892. The largest absolute Gasteiger partial charge is 0.494 e. The van der Waals surface area contributed by atoms with E-state index in [-0.39, 0.29) is 17.9 Å². The molecule has 116 valence electrons. The zero-order valence-corrected chi connectivity index (χ0v) is 11.8. The van der Waals surface area contributed by atoms with Crippen LogP contribution in [0.1, 0.15) is 18.1 Å². The number of hydrogen-bond acceptors (Lipinski definition) is 3. The van der Waals surface area contributed by atoms with E-state index in [1.165, 1.54) is 37.4 Å². The summed E-state index contributed by atoms with van der Waals surface area (Å²) in [5, 5.41) is 12.4. The number of ether oxygens (including phenoxy) is 1. The SMILES string of the molecule is COc1ccc(NC(=O)CC(O)c2cccc(F)c2)cc1F. The molecule has 0 bridgehead atoms. The van der Waals surface area contributed by atoms with Gasteiger partial charge in [0.2, 0.25) is 5.91 Å². The third kappa shape index (κ3) is 4.02. The summed E-state index contributed by atoms with van der Waals surface area (Å²) < 4.78 is 31.3. The summed E-state index contributed by atoms with van der Waals surface area (Å²) in [5.41, 5.74) is 0.547. The van der Waals surface area contributed by atoms with Crippen LogP contribution in [-0.4, -0.2) is 18.1 Å². The van der Waals surface area contributed by atoms with Crippen LogP contribution >= 0.6 is 0 Å². The fraction of sp³-hybridized carbons (Fsp3) is 0.188. The first-order chi connectivity index (χ1) is 10.5. The van der Waals surface area contributed by atoms with E-state index in [0.29, 0.717) is 5.56 Å². The van der Waals surface area contributed by atoms with E-state index in [1.807, 2.05) is 0 Å². The average molecular weight is 307 g/mol. The highest BCUT2D eigenvalue weighted by Gasteiger charge is 2.14. The summed E-state index contributed by atoms with van der Waals surface area (Å²) in [5.74, 6) is -1.54. The minimum atomic E-state index is -1.14. The standard InChI is InChI=1S/C16H15F2NO3/c1-22-15-6-5-12(8-13(15)18)19-16(21)9-14(20)10-3-2-4-11(17)7-10/h2-8,14,20H,9H2,1H3,(H,19,21).